The number of carbonyl (C=O) groups excluding carboxylic acids is 1. The molecule has 0 aliphatic heterocycles. The van der Waals surface area contributed by atoms with Crippen LogP contribution in [-0.4, -0.2) is 24.0 Å². The Hall–Kier alpha value is -2.43. The van der Waals surface area contributed by atoms with Crippen molar-refractivity contribution in [1.82, 2.24) is 10.3 Å². The Morgan fingerprint density at radius 1 is 1.14 bits per heavy atom. The third-order valence-corrected chi connectivity index (χ3v) is 3.12. The van der Waals surface area contributed by atoms with Crippen LogP contribution < -0.4 is 10.6 Å². The van der Waals surface area contributed by atoms with E-state index in [0.29, 0.717) is 18.7 Å². The summed E-state index contributed by atoms with van der Waals surface area (Å²) in [6.07, 6.45) is 1.68. The Bertz CT molecular complexity index is 573. The second kappa shape index (κ2) is 6.83. The second-order valence-electron chi connectivity index (χ2n) is 4.77. The molecule has 2 rings (SSSR count). The van der Waals surface area contributed by atoms with Crippen molar-refractivity contribution in [2.45, 2.75) is 12.6 Å². The maximum absolute atomic E-state index is 14.5. The average molecular weight is 287 g/mol. The van der Waals surface area contributed by atoms with Crippen LogP contribution in [0.1, 0.15) is 12.5 Å². The third-order valence-electron chi connectivity index (χ3n) is 3.12. The van der Waals surface area contributed by atoms with Crippen LogP contribution in [-0.2, 0) is 10.5 Å². The van der Waals surface area contributed by atoms with Crippen molar-refractivity contribution in [3.63, 3.8) is 0 Å². The molecule has 0 radical (unpaired) electrons. The maximum Gasteiger partial charge on any atom is 0.262 e. The number of hydrogen-bond donors (Lipinski definition) is 2. The number of nitrogens with one attached hydrogen (secondary N) is 2. The van der Waals surface area contributed by atoms with Gasteiger partial charge in [0.25, 0.3) is 5.91 Å². The maximum atomic E-state index is 14.5. The highest BCUT2D eigenvalue weighted by molar-refractivity contribution is 5.85. The zero-order chi connectivity index (χ0) is 15.1. The average Bonchev–Trinajstić information content (AvgIpc) is 2.53. The molecular formula is C16H18FN3O. The zero-order valence-corrected chi connectivity index (χ0v) is 11.8. The van der Waals surface area contributed by atoms with Gasteiger partial charge in [-0.25, -0.2) is 9.37 Å². The molecule has 21 heavy (non-hydrogen) atoms. The van der Waals surface area contributed by atoms with Crippen LogP contribution in [0.15, 0.2) is 54.7 Å². The summed E-state index contributed by atoms with van der Waals surface area (Å²) in [6.45, 7) is 2.07. The summed E-state index contributed by atoms with van der Waals surface area (Å²) >= 11 is 0. The number of anilines is 1. The molecule has 1 heterocycles. The number of nitrogens with zero attached hydrogens (tertiary/aromatic N) is 1. The van der Waals surface area contributed by atoms with Gasteiger partial charge in [0.2, 0.25) is 5.67 Å². The normalized spacial score (nSPS) is 13.2. The van der Waals surface area contributed by atoms with Crippen LogP contribution in [0.5, 0.6) is 0 Å². The lowest BCUT2D eigenvalue weighted by Gasteiger charge is -2.20. The highest BCUT2D eigenvalue weighted by atomic mass is 19.1. The van der Waals surface area contributed by atoms with Crippen molar-refractivity contribution in [2.75, 3.05) is 18.4 Å². The van der Waals surface area contributed by atoms with E-state index in [0.717, 1.165) is 5.82 Å². The largest absolute Gasteiger partial charge is 0.368 e. The molecule has 1 unspecified atom stereocenters. The van der Waals surface area contributed by atoms with Gasteiger partial charge in [0.1, 0.15) is 5.82 Å². The van der Waals surface area contributed by atoms with Crippen LogP contribution in [0.4, 0.5) is 10.2 Å². The first-order valence-electron chi connectivity index (χ1n) is 6.78. The highest BCUT2D eigenvalue weighted by Crippen LogP contribution is 2.25. The number of pyridine rings is 1. The van der Waals surface area contributed by atoms with Crippen molar-refractivity contribution in [2.24, 2.45) is 0 Å². The Balaban J connectivity index is 1.82. The summed E-state index contributed by atoms with van der Waals surface area (Å²) in [5, 5.41) is 5.63. The highest BCUT2D eigenvalue weighted by Gasteiger charge is 2.34. The fourth-order valence-electron chi connectivity index (χ4n) is 1.88. The van der Waals surface area contributed by atoms with Crippen molar-refractivity contribution in [1.29, 1.82) is 0 Å². The molecule has 1 aromatic carbocycles. The Labute approximate surface area is 123 Å². The molecule has 0 saturated heterocycles. The molecule has 4 nitrogen and oxygen atoms in total. The molecule has 1 aromatic heterocycles. The molecule has 0 bridgehead atoms. The molecule has 110 valence electrons. The monoisotopic (exact) mass is 287 g/mol. The minimum atomic E-state index is -2.04. The summed E-state index contributed by atoms with van der Waals surface area (Å²) in [4.78, 5) is 16.0. The van der Waals surface area contributed by atoms with E-state index in [-0.39, 0.29) is 0 Å². The molecule has 0 fully saturated rings. The Morgan fingerprint density at radius 2 is 1.86 bits per heavy atom. The summed E-state index contributed by atoms with van der Waals surface area (Å²) in [7, 11) is 0. The van der Waals surface area contributed by atoms with Gasteiger partial charge in [0.05, 0.1) is 0 Å². The topological polar surface area (TPSA) is 54.0 Å². The van der Waals surface area contributed by atoms with E-state index in [9.17, 15) is 9.18 Å². The van der Waals surface area contributed by atoms with Crippen molar-refractivity contribution in [3.8, 4) is 0 Å². The third kappa shape index (κ3) is 4.02. The first kappa shape index (κ1) is 15.0. The predicted octanol–water partition coefficient (Wildman–Crippen LogP) is 2.49. The molecule has 1 amide bonds. The summed E-state index contributed by atoms with van der Waals surface area (Å²) in [5.74, 6) is 0.0781. The first-order chi connectivity index (χ1) is 10.1. The van der Waals surface area contributed by atoms with Gasteiger partial charge in [-0.1, -0.05) is 36.4 Å². The quantitative estimate of drug-likeness (QED) is 0.803. The minimum absolute atomic E-state index is 0.321. The molecule has 0 aliphatic rings. The predicted molar refractivity (Wildman–Crippen MR) is 80.6 cm³/mol. The number of benzene rings is 1. The fraction of sp³-hybridized carbons (Fsp3) is 0.250. The van der Waals surface area contributed by atoms with Gasteiger partial charge in [0.15, 0.2) is 0 Å². The van der Waals surface area contributed by atoms with E-state index in [1.807, 2.05) is 18.2 Å². The number of rotatable bonds is 6. The Morgan fingerprint density at radius 3 is 2.52 bits per heavy atom. The molecule has 1 atom stereocenters. The number of hydrogen-bond acceptors (Lipinski definition) is 3. The van der Waals surface area contributed by atoms with Gasteiger partial charge in [-0.3, -0.25) is 4.79 Å². The van der Waals surface area contributed by atoms with Crippen molar-refractivity contribution < 1.29 is 9.18 Å². The standard InChI is InChI=1S/C16H18FN3O/c1-16(17,13-7-3-2-4-8-13)15(21)20-12-11-19-14-9-5-6-10-18-14/h2-10H,11-12H2,1H3,(H,18,19)(H,20,21). The first-order valence-corrected chi connectivity index (χ1v) is 6.78. The van der Waals surface area contributed by atoms with Crippen LogP contribution in [0.3, 0.4) is 0 Å². The Kier molecular flexibility index (Phi) is 4.87. The zero-order valence-electron chi connectivity index (χ0n) is 11.8. The van der Waals surface area contributed by atoms with Gasteiger partial charge in [-0.05, 0) is 24.6 Å². The van der Waals surface area contributed by atoms with Gasteiger partial charge in [-0.2, -0.15) is 0 Å². The second-order valence-corrected chi connectivity index (χ2v) is 4.77. The van der Waals surface area contributed by atoms with E-state index in [1.54, 1.807) is 36.5 Å². The van der Waals surface area contributed by atoms with E-state index in [1.165, 1.54) is 6.92 Å². The van der Waals surface area contributed by atoms with Crippen LogP contribution in [0.2, 0.25) is 0 Å². The molecule has 5 heteroatoms. The lowest BCUT2D eigenvalue weighted by molar-refractivity contribution is -0.132. The van der Waals surface area contributed by atoms with Gasteiger partial charge in [0, 0.05) is 19.3 Å². The molecule has 0 aliphatic carbocycles. The molecular weight excluding hydrogens is 269 g/mol. The summed E-state index contributed by atoms with van der Waals surface area (Å²) in [5.41, 5.74) is -1.69. The molecule has 0 saturated carbocycles. The van der Waals surface area contributed by atoms with E-state index in [2.05, 4.69) is 15.6 Å². The minimum Gasteiger partial charge on any atom is -0.368 e. The number of amides is 1. The number of alkyl halides is 1. The lowest BCUT2D eigenvalue weighted by atomic mass is 9.97. The van der Waals surface area contributed by atoms with Gasteiger partial charge >= 0.3 is 0 Å². The van der Waals surface area contributed by atoms with Crippen LogP contribution >= 0.6 is 0 Å². The number of aromatic nitrogens is 1. The smallest absolute Gasteiger partial charge is 0.262 e. The molecule has 2 aromatic rings. The summed E-state index contributed by atoms with van der Waals surface area (Å²) < 4.78 is 14.5. The van der Waals surface area contributed by atoms with Crippen molar-refractivity contribution in [3.05, 3.63) is 60.3 Å². The molecule has 0 spiro atoms. The summed E-state index contributed by atoms with van der Waals surface area (Å²) in [6, 6.07) is 13.9. The van der Waals surface area contributed by atoms with E-state index < -0.39 is 11.6 Å². The van der Waals surface area contributed by atoms with Gasteiger partial charge < -0.3 is 10.6 Å². The lowest BCUT2D eigenvalue weighted by Crippen LogP contribution is -2.41. The SMILES string of the molecule is CC(F)(C(=O)NCCNc1ccccn1)c1ccccc1. The van der Waals surface area contributed by atoms with Crippen molar-refractivity contribution >= 4 is 11.7 Å². The van der Waals surface area contributed by atoms with E-state index >= 15 is 0 Å². The fourth-order valence-corrected chi connectivity index (χ4v) is 1.88. The number of carbonyl (C=O) groups is 1. The number of halogens is 1. The van der Waals surface area contributed by atoms with Crippen LogP contribution in [0.25, 0.3) is 0 Å². The van der Waals surface area contributed by atoms with Crippen LogP contribution in [0, 0.1) is 0 Å². The van der Waals surface area contributed by atoms with Gasteiger partial charge in [-0.15, -0.1) is 0 Å². The van der Waals surface area contributed by atoms with E-state index in [4.69, 9.17) is 0 Å². The molecule has 2 N–H and O–H groups in total.